The molecule has 1 unspecified atom stereocenters. The van der Waals surface area contributed by atoms with E-state index >= 15 is 0 Å². The molecule has 7 nitrogen and oxygen atoms in total. The topological polar surface area (TPSA) is 75.6 Å². The van der Waals surface area contributed by atoms with Gasteiger partial charge in [0, 0.05) is 25.9 Å². The Morgan fingerprint density at radius 2 is 1.81 bits per heavy atom. The van der Waals surface area contributed by atoms with Gasteiger partial charge in [0.15, 0.2) is 20.9 Å². The predicted molar refractivity (Wildman–Crippen MR) is 119 cm³/mol. The second-order valence-corrected chi connectivity index (χ2v) is 14.6. The fourth-order valence-corrected chi connectivity index (χ4v) is 4.64. The number of methoxy groups -OCH3 is 1. The number of benzene rings is 1. The molecule has 3 rings (SSSR count). The zero-order chi connectivity index (χ0) is 22.6. The summed E-state index contributed by atoms with van der Waals surface area (Å²) in [5.41, 5.74) is 0.922. The van der Waals surface area contributed by atoms with Gasteiger partial charge in [0.1, 0.15) is 24.4 Å². The standard InChI is InChI=1S/C23H38O7Si/c1-23(2,3)31(5,6)28-14-10-13-26-20-18(24)22(25-4)29-17-15-27-21(30-19(17)20)16-11-8-7-9-12-16/h7-9,11-12,17-22,24H,10,13-15H2,1-6H3/t17-,18+,19-,20+,21?,22+/m1/s1. The third-order valence-corrected chi connectivity index (χ3v) is 11.0. The number of hydrogen-bond acceptors (Lipinski definition) is 7. The molecule has 1 aromatic rings. The molecule has 1 N–H and O–H groups in total. The van der Waals surface area contributed by atoms with Crippen LogP contribution in [0.3, 0.4) is 0 Å². The predicted octanol–water partition coefficient (Wildman–Crippen LogP) is 3.63. The number of rotatable bonds is 8. The van der Waals surface area contributed by atoms with E-state index in [1.165, 1.54) is 7.11 Å². The molecule has 176 valence electrons. The summed E-state index contributed by atoms with van der Waals surface area (Å²) in [7, 11) is -0.276. The molecule has 1 aromatic carbocycles. The molecule has 6 atom stereocenters. The molecule has 2 saturated heterocycles. The van der Waals surface area contributed by atoms with Gasteiger partial charge in [0.05, 0.1) is 6.61 Å². The molecule has 31 heavy (non-hydrogen) atoms. The van der Waals surface area contributed by atoms with Gasteiger partial charge in [-0.2, -0.15) is 0 Å². The van der Waals surface area contributed by atoms with E-state index in [4.69, 9.17) is 28.1 Å². The average Bonchev–Trinajstić information content (AvgIpc) is 2.74. The van der Waals surface area contributed by atoms with Crippen LogP contribution in [0.2, 0.25) is 18.1 Å². The summed E-state index contributed by atoms with van der Waals surface area (Å²) in [4.78, 5) is 0. The zero-order valence-corrected chi connectivity index (χ0v) is 20.6. The van der Waals surface area contributed by atoms with Gasteiger partial charge in [0.25, 0.3) is 0 Å². The first-order valence-corrected chi connectivity index (χ1v) is 14.0. The molecule has 2 aliphatic heterocycles. The monoisotopic (exact) mass is 454 g/mol. The van der Waals surface area contributed by atoms with Crippen molar-refractivity contribution in [1.29, 1.82) is 0 Å². The molecular weight excluding hydrogens is 416 g/mol. The van der Waals surface area contributed by atoms with Gasteiger partial charge < -0.3 is 33.2 Å². The van der Waals surface area contributed by atoms with E-state index in [2.05, 4.69) is 33.9 Å². The van der Waals surface area contributed by atoms with E-state index in [0.717, 1.165) is 12.0 Å². The lowest BCUT2D eigenvalue weighted by Crippen LogP contribution is -2.62. The number of fused-ring (bicyclic) bond motifs is 1. The second-order valence-electron chi connectivity index (χ2n) is 9.74. The van der Waals surface area contributed by atoms with E-state index in [1.54, 1.807) is 0 Å². The van der Waals surface area contributed by atoms with Crippen LogP contribution in [0.25, 0.3) is 0 Å². The fraction of sp³-hybridized carbons (Fsp3) is 0.739. The molecule has 8 heteroatoms. The van der Waals surface area contributed by atoms with Gasteiger partial charge in [-0.25, -0.2) is 0 Å². The van der Waals surface area contributed by atoms with Gasteiger partial charge in [-0.1, -0.05) is 51.1 Å². The highest BCUT2D eigenvalue weighted by Gasteiger charge is 2.50. The molecule has 0 aliphatic carbocycles. The normalized spacial score (nSPS) is 32.0. The van der Waals surface area contributed by atoms with Crippen LogP contribution in [-0.2, 0) is 28.1 Å². The number of aliphatic hydroxyl groups excluding tert-OH is 1. The maximum absolute atomic E-state index is 10.8. The second kappa shape index (κ2) is 10.4. The lowest BCUT2D eigenvalue weighted by atomic mass is 9.97. The van der Waals surface area contributed by atoms with Gasteiger partial charge in [-0.05, 0) is 24.6 Å². The number of aliphatic hydroxyl groups is 1. The van der Waals surface area contributed by atoms with Crippen molar-refractivity contribution in [2.24, 2.45) is 0 Å². The summed E-state index contributed by atoms with van der Waals surface area (Å²) in [5, 5.41) is 11.0. The summed E-state index contributed by atoms with van der Waals surface area (Å²) in [6.07, 6.45) is -2.93. The van der Waals surface area contributed by atoms with Crippen LogP contribution in [0.15, 0.2) is 30.3 Å². The van der Waals surface area contributed by atoms with E-state index < -0.39 is 39.2 Å². The lowest BCUT2D eigenvalue weighted by Gasteiger charge is -2.47. The number of hydrogen-bond donors (Lipinski definition) is 1. The van der Waals surface area contributed by atoms with E-state index in [9.17, 15) is 5.11 Å². The summed E-state index contributed by atoms with van der Waals surface area (Å²) in [6, 6.07) is 9.74. The Kier molecular flexibility index (Phi) is 8.31. The molecule has 0 saturated carbocycles. The zero-order valence-electron chi connectivity index (χ0n) is 19.6. The lowest BCUT2D eigenvalue weighted by molar-refractivity contribution is -0.362. The maximum Gasteiger partial charge on any atom is 0.191 e. The van der Waals surface area contributed by atoms with Gasteiger partial charge in [0.2, 0.25) is 0 Å². The fourth-order valence-electron chi connectivity index (χ4n) is 3.55. The maximum atomic E-state index is 10.8. The van der Waals surface area contributed by atoms with Crippen molar-refractivity contribution in [3.63, 3.8) is 0 Å². The van der Waals surface area contributed by atoms with Gasteiger partial charge in [-0.15, -0.1) is 0 Å². The molecule has 0 spiro atoms. The SMILES string of the molecule is CO[C@H]1O[C@@H]2COC(c3ccccc3)O[C@H]2[C@@H](OCCCO[Si](C)(C)C(C)(C)C)[C@@H]1O. The van der Waals surface area contributed by atoms with Crippen molar-refractivity contribution in [3.05, 3.63) is 35.9 Å². The first-order chi connectivity index (χ1) is 14.6. The van der Waals surface area contributed by atoms with Crippen LogP contribution >= 0.6 is 0 Å². The van der Waals surface area contributed by atoms with Crippen molar-refractivity contribution in [2.75, 3.05) is 26.9 Å². The minimum absolute atomic E-state index is 0.173. The Morgan fingerprint density at radius 3 is 2.45 bits per heavy atom. The van der Waals surface area contributed by atoms with Crippen LogP contribution in [0.5, 0.6) is 0 Å². The van der Waals surface area contributed by atoms with Crippen molar-refractivity contribution in [1.82, 2.24) is 0 Å². The Bertz CT molecular complexity index is 678. The smallest absolute Gasteiger partial charge is 0.191 e. The number of ether oxygens (including phenoxy) is 5. The molecular formula is C23H38O7Si. The molecule has 0 radical (unpaired) electrons. The molecule has 2 fully saturated rings. The molecule has 0 aromatic heterocycles. The molecule has 0 amide bonds. The highest BCUT2D eigenvalue weighted by Crippen LogP contribution is 2.37. The summed E-state index contributed by atoms with van der Waals surface area (Å²) in [6.45, 7) is 12.6. The van der Waals surface area contributed by atoms with Gasteiger partial charge >= 0.3 is 0 Å². The van der Waals surface area contributed by atoms with Crippen LogP contribution in [0, 0.1) is 0 Å². The summed E-state index contributed by atoms with van der Waals surface area (Å²) < 4.78 is 35.6. The molecule has 0 bridgehead atoms. The highest BCUT2D eigenvalue weighted by atomic mass is 28.4. The van der Waals surface area contributed by atoms with E-state index in [-0.39, 0.29) is 11.1 Å². The Balaban J connectivity index is 1.59. The Labute approximate surface area is 187 Å². The minimum Gasteiger partial charge on any atom is -0.417 e. The average molecular weight is 455 g/mol. The van der Waals surface area contributed by atoms with Crippen LogP contribution in [-0.4, -0.2) is 71.1 Å². The summed E-state index contributed by atoms with van der Waals surface area (Å²) >= 11 is 0. The van der Waals surface area contributed by atoms with Crippen molar-refractivity contribution in [3.8, 4) is 0 Å². The van der Waals surface area contributed by atoms with E-state index in [1.807, 2.05) is 30.3 Å². The van der Waals surface area contributed by atoms with E-state index in [0.29, 0.717) is 19.8 Å². The Hall–Kier alpha value is -0.843. The first kappa shape index (κ1) is 24.8. The Morgan fingerprint density at radius 1 is 1.10 bits per heavy atom. The van der Waals surface area contributed by atoms with Crippen molar-refractivity contribution < 1.29 is 33.2 Å². The van der Waals surface area contributed by atoms with Crippen LogP contribution in [0.1, 0.15) is 39.0 Å². The molecule has 2 heterocycles. The third kappa shape index (κ3) is 5.94. The van der Waals surface area contributed by atoms with Gasteiger partial charge in [-0.3, -0.25) is 0 Å². The van der Waals surface area contributed by atoms with Crippen LogP contribution in [0.4, 0.5) is 0 Å². The highest BCUT2D eigenvalue weighted by molar-refractivity contribution is 6.74. The van der Waals surface area contributed by atoms with Crippen LogP contribution < -0.4 is 0 Å². The minimum atomic E-state index is -1.79. The third-order valence-electron chi connectivity index (χ3n) is 6.48. The van der Waals surface area contributed by atoms with Crippen molar-refractivity contribution in [2.45, 2.75) is 82.3 Å². The quantitative estimate of drug-likeness (QED) is 0.475. The summed E-state index contributed by atoms with van der Waals surface area (Å²) in [5.74, 6) is 0. The molecule has 2 aliphatic rings. The first-order valence-electron chi connectivity index (χ1n) is 11.1. The van der Waals surface area contributed by atoms with Crippen molar-refractivity contribution >= 4 is 8.32 Å². The largest absolute Gasteiger partial charge is 0.417 e.